The van der Waals surface area contributed by atoms with Crippen LogP contribution >= 0.6 is 23.1 Å². The second kappa shape index (κ2) is 7.59. The van der Waals surface area contributed by atoms with E-state index in [2.05, 4.69) is 37.2 Å². The van der Waals surface area contributed by atoms with Gasteiger partial charge in [0.1, 0.15) is 5.82 Å². The highest BCUT2D eigenvalue weighted by atomic mass is 32.2. The SMILES string of the molecule is CC(=O)Nc1nc(CSc2nnc(C)n2Cc2ccccc2)cs1. The van der Waals surface area contributed by atoms with Gasteiger partial charge in [0.15, 0.2) is 10.3 Å². The Bertz CT molecular complexity index is 828. The summed E-state index contributed by atoms with van der Waals surface area (Å²) in [6.07, 6.45) is 0. The molecule has 0 spiro atoms. The summed E-state index contributed by atoms with van der Waals surface area (Å²) in [6, 6.07) is 10.2. The summed E-state index contributed by atoms with van der Waals surface area (Å²) < 4.78 is 2.10. The van der Waals surface area contributed by atoms with Crippen LogP contribution in [-0.2, 0) is 17.1 Å². The first kappa shape index (κ1) is 16.7. The first-order chi connectivity index (χ1) is 11.6. The maximum absolute atomic E-state index is 11.1. The lowest BCUT2D eigenvalue weighted by Gasteiger charge is -2.08. The van der Waals surface area contributed by atoms with Gasteiger partial charge < -0.3 is 9.88 Å². The molecule has 1 amide bonds. The van der Waals surface area contributed by atoms with Crippen LogP contribution in [0, 0.1) is 6.92 Å². The summed E-state index contributed by atoms with van der Waals surface area (Å²) in [7, 11) is 0. The first-order valence-corrected chi connectivity index (χ1v) is 9.27. The second-order valence-electron chi connectivity index (χ2n) is 5.22. The number of nitrogens with zero attached hydrogens (tertiary/aromatic N) is 4. The van der Waals surface area contributed by atoms with Crippen LogP contribution in [0.1, 0.15) is 24.0 Å². The smallest absolute Gasteiger partial charge is 0.223 e. The molecule has 124 valence electrons. The number of carbonyl (C=O) groups excluding carboxylic acids is 1. The predicted octanol–water partition coefficient (Wildman–Crippen LogP) is 3.34. The number of thiazole rings is 1. The number of anilines is 1. The van der Waals surface area contributed by atoms with Crippen LogP contribution in [0.25, 0.3) is 0 Å². The predicted molar refractivity (Wildman–Crippen MR) is 96.3 cm³/mol. The number of benzene rings is 1. The van der Waals surface area contributed by atoms with E-state index in [1.54, 1.807) is 11.8 Å². The minimum atomic E-state index is -0.109. The Hall–Kier alpha value is -2.19. The van der Waals surface area contributed by atoms with E-state index in [0.29, 0.717) is 10.9 Å². The second-order valence-corrected chi connectivity index (χ2v) is 7.02. The zero-order valence-corrected chi connectivity index (χ0v) is 15.0. The Morgan fingerprint density at radius 3 is 2.83 bits per heavy atom. The molecule has 0 radical (unpaired) electrons. The number of rotatable bonds is 6. The van der Waals surface area contributed by atoms with Crippen molar-refractivity contribution in [2.45, 2.75) is 31.3 Å². The van der Waals surface area contributed by atoms with Crippen LogP contribution in [-0.4, -0.2) is 25.7 Å². The van der Waals surface area contributed by atoms with Crippen molar-refractivity contribution in [2.75, 3.05) is 5.32 Å². The van der Waals surface area contributed by atoms with E-state index in [0.717, 1.165) is 23.2 Å². The minimum Gasteiger partial charge on any atom is -0.302 e. The van der Waals surface area contributed by atoms with Crippen molar-refractivity contribution in [1.82, 2.24) is 19.7 Å². The van der Waals surface area contributed by atoms with Crippen molar-refractivity contribution >= 4 is 34.1 Å². The molecule has 3 aromatic rings. The molecule has 0 aliphatic rings. The molecule has 0 fully saturated rings. The van der Waals surface area contributed by atoms with Gasteiger partial charge in [0.2, 0.25) is 5.91 Å². The largest absolute Gasteiger partial charge is 0.302 e. The molecule has 1 N–H and O–H groups in total. The summed E-state index contributed by atoms with van der Waals surface area (Å²) in [5, 5.41) is 14.6. The van der Waals surface area contributed by atoms with Gasteiger partial charge in [-0.15, -0.1) is 21.5 Å². The van der Waals surface area contributed by atoms with Crippen LogP contribution in [0.4, 0.5) is 5.13 Å². The monoisotopic (exact) mass is 359 g/mol. The van der Waals surface area contributed by atoms with E-state index in [1.807, 2.05) is 30.5 Å². The highest BCUT2D eigenvalue weighted by molar-refractivity contribution is 7.98. The summed E-state index contributed by atoms with van der Waals surface area (Å²) in [6.45, 7) is 4.18. The summed E-state index contributed by atoms with van der Waals surface area (Å²) in [4.78, 5) is 15.4. The van der Waals surface area contributed by atoms with E-state index in [4.69, 9.17) is 0 Å². The topological polar surface area (TPSA) is 72.7 Å². The van der Waals surface area contributed by atoms with Gasteiger partial charge >= 0.3 is 0 Å². The lowest BCUT2D eigenvalue weighted by Crippen LogP contribution is -2.05. The molecule has 0 saturated heterocycles. The molecule has 0 atom stereocenters. The van der Waals surface area contributed by atoms with E-state index in [1.165, 1.54) is 23.8 Å². The molecule has 0 aliphatic heterocycles. The van der Waals surface area contributed by atoms with Crippen molar-refractivity contribution in [3.63, 3.8) is 0 Å². The van der Waals surface area contributed by atoms with Gasteiger partial charge in [0, 0.05) is 18.1 Å². The third-order valence-electron chi connectivity index (χ3n) is 3.27. The number of nitrogens with one attached hydrogen (secondary N) is 1. The van der Waals surface area contributed by atoms with Crippen LogP contribution in [0.2, 0.25) is 0 Å². The Morgan fingerprint density at radius 1 is 1.29 bits per heavy atom. The summed E-state index contributed by atoms with van der Waals surface area (Å²) >= 11 is 3.02. The van der Waals surface area contributed by atoms with Gasteiger partial charge in [-0.3, -0.25) is 4.79 Å². The van der Waals surface area contributed by atoms with Crippen molar-refractivity contribution < 1.29 is 4.79 Å². The maximum Gasteiger partial charge on any atom is 0.223 e. The van der Waals surface area contributed by atoms with Gasteiger partial charge in [-0.25, -0.2) is 4.98 Å². The molecule has 2 heterocycles. The average molecular weight is 359 g/mol. The van der Waals surface area contributed by atoms with E-state index >= 15 is 0 Å². The van der Waals surface area contributed by atoms with Gasteiger partial charge in [0.25, 0.3) is 0 Å². The molecular formula is C16H17N5OS2. The fourth-order valence-corrected chi connectivity index (χ4v) is 3.87. The fraction of sp³-hybridized carbons (Fsp3) is 0.250. The third kappa shape index (κ3) is 4.21. The molecular weight excluding hydrogens is 342 g/mol. The number of aryl methyl sites for hydroxylation is 1. The quantitative estimate of drug-likeness (QED) is 0.683. The number of hydrogen-bond donors (Lipinski definition) is 1. The highest BCUT2D eigenvalue weighted by Gasteiger charge is 2.11. The number of aromatic nitrogens is 4. The molecule has 6 nitrogen and oxygen atoms in total. The Labute approximate surface area is 148 Å². The van der Waals surface area contributed by atoms with Crippen LogP contribution in [0.3, 0.4) is 0 Å². The number of thioether (sulfide) groups is 1. The minimum absolute atomic E-state index is 0.109. The Morgan fingerprint density at radius 2 is 2.08 bits per heavy atom. The highest BCUT2D eigenvalue weighted by Crippen LogP contribution is 2.25. The average Bonchev–Trinajstić information content (AvgIpc) is 3.14. The van der Waals surface area contributed by atoms with Gasteiger partial charge in [-0.1, -0.05) is 42.1 Å². The normalized spacial score (nSPS) is 10.8. The lowest BCUT2D eigenvalue weighted by molar-refractivity contribution is -0.114. The van der Waals surface area contributed by atoms with E-state index in [-0.39, 0.29) is 5.91 Å². The number of amides is 1. The van der Waals surface area contributed by atoms with E-state index < -0.39 is 0 Å². The molecule has 3 rings (SSSR count). The molecule has 0 unspecified atom stereocenters. The molecule has 0 saturated carbocycles. The molecule has 2 aromatic heterocycles. The third-order valence-corrected chi connectivity index (χ3v) is 5.08. The van der Waals surface area contributed by atoms with E-state index in [9.17, 15) is 4.79 Å². The van der Waals surface area contributed by atoms with Crippen molar-refractivity contribution in [3.8, 4) is 0 Å². The Kier molecular flexibility index (Phi) is 5.27. The lowest BCUT2D eigenvalue weighted by atomic mass is 10.2. The standard InChI is InChI=1S/C16H17N5OS2/c1-11-19-20-16(21(11)8-13-6-4-3-5-7-13)24-10-14-9-23-15(18-14)17-12(2)22/h3-7,9H,8,10H2,1-2H3,(H,17,18,22). The van der Waals surface area contributed by atoms with Crippen molar-refractivity contribution in [2.24, 2.45) is 0 Å². The molecule has 0 aliphatic carbocycles. The maximum atomic E-state index is 11.1. The van der Waals surface area contributed by atoms with Crippen molar-refractivity contribution in [1.29, 1.82) is 0 Å². The van der Waals surface area contributed by atoms with Crippen LogP contribution in [0.5, 0.6) is 0 Å². The summed E-state index contributed by atoms with van der Waals surface area (Å²) in [5.74, 6) is 1.46. The first-order valence-electron chi connectivity index (χ1n) is 7.40. The fourth-order valence-electron chi connectivity index (χ4n) is 2.14. The zero-order chi connectivity index (χ0) is 16.9. The molecule has 1 aromatic carbocycles. The number of hydrogen-bond acceptors (Lipinski definition) is 6. The molecule has 0 bridgehead atoms. The van der Waals surface area contributed by atoms with Gasteiger partial charge in [-0.2, -0.15) is 0 Å². The summed E-state index contributed by atoms with van der Waals surface area (Å²) in [5.41, 5.74) is 2.13. The van der Waals surface area contributed by atoms with Crippen molar-refractivity contribution in [3.05, 3.63) is 52.8 Å². The Balaban J connectivity index is 1.67. The zero-order valence-electron chi connectivity index (χ0n) is 13.4. The van der Waals surface area contributed by atoms with Crippen LogP contribution in [0.15, 0.2) is 40.9 Å². The molecule has 24 heavy (non-hydrogen) atoms. The van der Waals surface area contributed by atoms with Crippen LogP contribution < -0.4 is 5.32 Å². The molecule has 8 heteroatoms. The number of carbonyl (C=O) groups is 1. The van der Waals surface area contributed by atoms with Gasteiger partial charge in [-0.05, 0) is 12.5 Å². The van der Waals surface area contributed by atoms with Gasteiger partial charge in [0.05, 0.1) is 12.2 Å².